The van der Waals surface area contributed by atoms with Crippen LogP contribution in [-0.4, -0.2) is 51.6 Å². The molecule has 40 heavy (non-hydrogen) atoms. The summed E-state index contributed by atoms with van der Waals surface area (Å²) in [4.78, 5) is 22.4. The molecule has 1 aliphatic rings. The maximum Gasteiger partial charge on any atom is 0.248 e. The summed E-state index contributed by atoms with van der Waals surface area (Å²) in [5.41, 5.74) is 11.4. The zero-order valence-electron chi connectivity index (χ0n) is 22.0. The van der Waals surface area contributed by atoms with Gasteiger partial charge < -0.3 is 15.6 Å². The van der Waals surface area contributed by atoms with Crippen LogP contribution < -0.4 is 10.7 Å². The van der Waals surface area contributed by atoms with Gasteiger partial charge in [0.25, 0.3) is 0 Å². The van der Waals surface area contributed by atoms with E-state index in [1.807, 2.05) is 24.3 Å². The number of H-pyrrole nitrogens is 1. The Morgan fingerprint density at radius 1 is 0.950 bits per heavy atom. The smallest absolute Gasteiger partial charge is 0.248 e. The maximum atomic E-state index is 13.9. The van der Waals surface area contributed by atoms with Crippen LogP contribution in [0.1, 0.15) is 23.2 Å². The fourth-order valence-corrected chi connectivity index (χ4v) is 5.95. The molecule has 8 heteroatoms. The summed E-state index contributed by atoms with van der Waals surface area (Å²) in [6.07, 6.45) is 2.46. The van der Waals surface area contributed by atoms with E-state index in [2.05, 4.69) is 49.9 Å². The minimum atomic E-state index is -0.442. The summed E-state index contributed by atoms with van der Waals surface area (Å²) in [6.45, 7) is 3.90. The normalized spacial score (nSPS) is 14.0. The van der Waals surface area contributed by atoms with Gasteiger partial charge in [-0.25, -0.2) is 9.37 Å². The summed E-state index contributed by atoms with van der Waals surface area (Å²) < 4.78 is 16.2. The number of anilines is 1. The van der Waals surface area contributed by atoms with Crippen molar-refractivity contribution in [3.05, 3.63) is 96.3 Å². The number of rotatable bonds is 7. The van der Waals surface area contributed by atoms with E-state index < -0.39 is 5.91 Å². The number of carbonyl (C=O) groups excluding carboxylic acids is 1. The maximum absolute atomic E-state index is 13.9. The summed E-state index contributed by atoms with van der Waals surface area (Å²) in [5.74, 6) is -0.0422. The van der Waals surface area contributed by atoms with Crippen molar-refractivity contribution in [1.29, 1.82) is 0 Å². The first-order chi connectivity index (χ1) is 19.6. The lowest BCUT2D eigenvalue weighted by molar-refractivity contribution is 0.100. The van der Waals surface area contributed by atoms with Gasteiger partial charge in [0.05, 0.1) is 34.3 Å². The zero-order valence-corrected chi connectivity index (χ0v) is 22.0. The predicted octanol–water partition coefficient (Wildman–Crippen LogP) is 5.94. The van der Waals surface area contributed by atoms with Crippen molar-refractivity contribution < 1.29 is 9.18 Å². The van der Waals surface area contributed by atoms with Gasteiger partial charge in [0.2, 0.25) is 5.91 Å². The lowest BCUT2D eigenvalue weighted by atomic mass is 10.1. The Balaban J connectivity index is 1.43. The van der Waals surface area contributed by atoms with E-state index in [0.29, 0.717) is 16.9 Å². The molecule has 200 valence electrons. The Morgan fingerprint density at radius 3 is 2.52 bits per heavy atom. The third kappa shape index (κ3) is 4.17. The number of carbonyl (C=O) groups is 1. The van der Waals surface area contributed by atoms with Crippen molar-refractivity contribution in [2.45, 2.75) is 12.8 Å². The third-order valence-corrected chi connectivity index (χ3v) is 7.89. The second-order valence-corrected chi connectivity index (χ2v) is 10.4. The highest BCUT2D eigenvalue weighted by Gasteiger charge is 2.22. The minimum absolute atomic E-state index is 0.298. The number of primary amides is 1. The molecule has 1 aliphatic heterocycles. The molecule has 1 saturated heterocycles. The number of fused-ring (bicyclic) bond motifs is 4. The van der Waals surface area contributed by atoms with Gasteiger partial charge in [0.15, 0.2) is 0 Å². The molecule has 4 aromatic carbocycles. The Labute approximate surface area is 230 Å². The molecular formula is C32H29FN6O. The van der Waals surface area contributed by atoms with Crippen LogP contribution in [-0.2, 0) is 0 Å². The van der Waals surface area contributed by atoms with Crippen LogP contribution in [0.3, 0.4) is 0 Å². The standard InChI is InChI=1S/C32H29FN6O/c33-22-12-15-26-27(20-22)36-32(35-26)25-7-5-9-29-30(25)24-6-1-2-8-28(24)39(29)38(19-18-37-16-3-4-17-37)23-13-10-21(11-14-23)31(34)40/h1-2,5-15,20H,3-4,16-19H2,(H2,34,40)(H,35,36). The van der Waals surface area contributed by atoms with Crippen molar-refractivity contribution in [3.8, 4) is 11.4 Å². The topological polar surface area (TPSA) is 83.2 Å². The molecule has 7 rings (SSSR count). The molecule has 7 nitrogen and oxygen atoms in total. The van der Waals surface area contributed by atoms with Gasteiger partial charge in [-0.15, -0.1) is 0 Å². The number of nitrogens with one attached hydrogen (secondary N) is 1. The Hall–Kier alpha value is -4.69. The van der Waals surface area contributed by atoms with Gasteiger partial charge in [-0.3, -0.25) is 14.5 Å². The molecule has 0 atom stereocenters. The van der Waals surface area contributed by atoms with Crippen LogP contribution in [0.25, 0.3) is 44.2 Å². The van der Waals surface area contributed by atoms with E-state index in [9.17, 15) is 9.18 Å². The van der Waals surface area contributed by atoms with Crippen LogP contribution in [0, 0.1) is 5.82 Å². The average molecular weight is 533 g/mol. The number of aromatic amines is 1. The van der Waals surface area contributed by atoms with Gasteiger partial charge in [-0.1, -0.05) is 30.3 Å². The molecule has 3 heterocycles. The second kappa shape index (κ2) is 9.81. The first kappa shape index (κ1) is 24.4. The van der Waals surface area contributed by atoms with Crippen LogP contribution in [0.5, 0.6) is 0 Å². The lowest BCUT2D eigenvalue weighted by Crippen LogP contribution is -2.37. The van der Waals surface area contributed by atoms with Crippen molar-refractivity contribution in [2.24, 2.45) is 5.73 Å². The van der Waals surface area contributed by atoms with Crippen molar-refractivity contribution >= 4 is 44.4 Å². The van der Waals surface area contributed by atoms with Gasteiger partial charge in [-0.05, 0) is 80.5 Å². The first-order valence-electron chi connectivity index (χ1n) is 13.6. The number of hydrogen-bond acceptors (Lipinski definition) is 4. The fraction of sp³-hybridized carbons (Fsp3) is 0.188. The van der Waals surface area contributed by atoms with E-state index in [4.69, 9.17) is 10.7 Å². The summed E-state index contributed by atoms with van der Waals surface area (Å²) >= 11 is 0. The molecule has 6 aromatic rings. The number of amides is 1. The van der Waals surface area contributed by atoms with Crippen LogP contribution in [0.2, 0.25) is 0 Å². The number of nitrogens with zero attached hydrogens (tertiary/aromatic N) is 4. The average Bonchev–Trinajstić information content (AvgIpc) is 3.71. The highest BCUT2D eigenvalue weighted by molar-refractivity contribution is 6.15. The van der Waals surface area contributed by atoms with Gasteiger partial charge in [0.1, 0.15) is 11.6 Å². The highest BCUT2D eigenvalue weighted by atomic mass is 19.1. The van der Waals surface area contributed by atoms with E-state index in [1.54, 1.807) is 18.2 Å². The van der Waals surface area contributed by atoms with E-state index in [0.717, 1.165) is 64.8 Å². The fourth-order valence-electron chi connectivity index (χ4n) is 5.95. The van der Waals surface area contributed by atoms with Crippen LogP contribution >= 0.6 is 0 Å². The van der Waals surface area contributed by atoms with Crippen molar-refractivity contribution in [2.75, 3.05) is 31.2 Å². The highest BCUT2D eigenvalue weighted by Crippen LogP contribution is 2.37. The molecule has 3 N–H and O–H groups in total. The molecule has 0 saturated carbocycles. The van der Waals surface area contributed by atoms with Crippen LogP contribution in [0.15, 0.2) is 84.9 Å². The molecule has 0 unspecified atom stereocenters. The van der Waals surface area contributed by atoms with Gasteiger partial charge >= 0.3 is 0 Å². The quantitative estimate of drug-likeness (QED) is 0.267. The molecule has 1 amide bonds. The first-order valence-corrected chi connectivity index (χ1v) is 13.6. The number of nitrogens with two attached hydrogens (primary N) is 1. The Kier molecular flexibility index (Phi) is 5.97. The Bertz CT molecular complexity index is 1870. The molecule has 0 radical (unpaired) electrons. The number of hydrogen-bond donors (Lipinski definition) is 2. The molecule has 0 aliphatic carbocycles. The monoisotopic (exact) mass is 532 g/mol. The molecule has 2 aromatic heterocycles. The minimum Gasteiger partial charge on any atom is -0.366 e. The summed E-state index contributed by atoms with van der Waals surface area (Å²) in [7, 11) is 0. The van der Waals surface area contributed by atoms with Gasteiger partial charge in [-0.2, -0.15) is 0 Å². The van der Waals surface area contributed by atoms with Crippen molar-refractivity contribution in [1.82, 2.24) is 19.5 Å². The number of imidazole rings is 1. The summed E-state index contributed by atoms with van der Waals surface area (Å²) in [6, 6.07) is 26.7. The Morgan fingerprint density at radius 2 is 1.73 bits per heavy atom. The molecular weight excluding hydrogens is 503 g/mol. The molecule has 0 spiro atoms. The number of para-hydroxylation sites is 1. The second-order valence-electron chi connectivity index (χ2n) is 10.4. The molecule has 0 bridgehead atoms. The van der Waals surface area contributed by atoms with Gasteiger partial charge in [0, 0.05) is 28.4 Å². The van der Waals surface area contributed by atoms with Crippen molar-refractivity contribution in [3.63, 3.8) is 0 Å². The summed E-state index contributed by atoms with van der Waals surface area (Å²) in [5, 5.41) is 4.45. The van der Waals surface area contributed by atoms with Crippen LogP contribution in [0.4, 0.5) is 10.1 Å². The number of benzene rings is 4. The largest absolute Gasteiger partial charge is 0.366 e. The lowest BCUT2D eigenvalue weighted by Gasteiger charge is -2.30. The number of halogens is 1. The number of aromatic nitrogens is 3. The third-order valence-electron chi connectivity index (χ3n) is 7.89. The van der Waals surface area contributed by atoms with E-state index >= 15 is 0 Å². The SMILES string of the molecule is NC(=O)c1ccc(N(CCN2CCCC2)n2c3ccccc3c3c(-c4nc5ccc(F)cc5[nH]4)cccc32)cc1. The predicted molar refractivity (Wildman–Crippen MR) is 158 cm³/mol. The van der Waals surface area contributed by atoms with E-state index in [1.165, 1.54) is 25.0 Å². The van der Waals surface area contributed by atoms with E-state index in [-0.39, 0.29) is 5.82 Å². The number of likely N-dealkylation sites (tertiary alicyclic amines) is 1. The zero-order chi connectivity index (χ0) is 27.2. The molecule has 1 fully saturated rings.